The van der Waals surface area contributed by atoms with E-state index in [2.05, 4.69) is 10.5 Å². The quantitative estimate of drug-likeness (QED) is 0.289. The molecule has 0 spiro atoms. The van der Waals surface area contributed by atoms with Crippen LogP contribution >= 0.6 is 15.2 Å². The van der Waals surface area contributed by atoms with Gasteiger partial charge in [-0.25, -0.2) is 0 Å². The molecule has 180 valence electrons. The van der Waals surface area contributed by atoms with Crippen molar-refractivity contribution in [2.45, 2.75) is 46.1 Å². The summed E-state index contributed by atoms with van der Waals surface area (Å²) in [5.41, 5.74) is 2.90. The first-order valence-electron chi connectivity index (χ1n) is 10.7. The molecule has 0 aliphatic carbocycles. The summed E-state index contributed by atoms with van der Waals surface area (Å²) in [5.74, 6) is -0.0849. The third kappa shape index (κ3) is 5.01. The van der Waals surface area contributed by atoms with Crippen LogP contribution in [0.2, 0.25) is 0 Å². The van der Waals surface area contributed by atoms with Crippen LogP contribution in [0.25, 0.3) is 0 Å². The van der Waals surface area contributed by atoms with Crippen LogP contribution in [0.1, 0.15) is 51.4 Å². The van der Waals surface area contributed by atoms with Crippen LogP contribution in [0, 0.1) is 0 Å². The van der Waals surface area contributed by atoms with E-state index in [4.69, 9.17) is 22.8 Å². The second kappa shape index (κ2) is 11.5. The van der Waals surface area contributed by atoms with E-state index in [1.165, 1.54) is 0 Å². The van der Waals surface area contributed by atoms with E-state index in [9.17, 15) is 13.9 Å². The molecule has 1 heterocycles. The molecule has 0 bridgehead atoms. The fourth-order valence-electron chi connectivity index (χ4n) is 3.34. The van der Waals surface area contributed by atoms with Crippen molar-refractivity contribution in [1.29, 1.82) is 0 Å². The minimum Gasteiger partial charge on any atom is -0.493 e. The van der Waals surface area contributed by atoms with Gasteiger partial charge in [0.1, 0.15) is 11.5 Å². The molecule has 0 saturated carbocycles. The van der Waals surface area contributed by atoms with Crippen molar-refractivity contribution < 1.29 is 36.8 Å². The summed E-state index contributed by atoms with van der Waals surface area (Å²) in [6, 6.07) is 6.72. The predicted molar refractivity (Wildman–Crippen MR) is 122 cm³/mol. The monoisotopic (exact) mass is 490 g/mol. The normalized spacial score (nSPS) is 15.8. The number of benzene rings is 1. The third-order valence-corrected chi connectivity index (χ3v) is 10.8. The highest BCUT2D eigenvalue weighted by Gasteiger charge is 2.68. The van der Waals surface area contributed by atoms with Crippen LogP contribution in [0.5, 0.6) is 5.75 Å². The number of nitrogens with zero attached hydrogens (tertiary/aromatic N) is 1. The molecular weight excluding hydrogens is 458 g/mol. The van der Waals surface area contributed by atoms with Crippen molar-refractivity contribution in [3.05, 3.63) is 29.8 Å². The molecule has 1 aliphatic heterocycles. The van der Waals surface area contributed by atoms with Gasteiger partial charge in [0, 0.05) is 6.42 Å². The molecule has 0 atom stereocenters. The molecular formula is C20H32N2O8P2. The number of hydrogen-bond acceptors (Lipinski definition) is 10. The van der Waals surface area contributed by atoms with Crippen LogP contribution in [0.15, 0.2) is 29.4 Å². The van der Waals surface area contributed by atoms with Crippen LogP contribution in [0.4, 0.5) is 0 Å². The van der Waals surface area contributed by atoms with Crippen molar-refractivity contribution in [2.75, 3.05) is 33.0 Å². The van der Waals surface area contributed by atoms with Gasteiger partial charge in [0.05, 0.1) is 38.6 Å². The Morgan fingerprint density at radius 1 is 0.906 bits per heavy atom. The summed E-state index contributed by atoms with van der Waals surface area (Å²) in [7, 11) is -8.39. The molecule has 2 rings (SSSR count). The molecule has 1 N–H and O–H groups in total. The topological polar surface area (TPSA) is 122 Å². The molecule has 0 unspecified atom stereocenters. The summed E-state index contributed by atoms with van der Waals surface area (Å²) in [5, 5.41) is 2.11. The number of hydrazone groups is 1. The average Bonchev–Trinajstić information content (AvgIpc) is 3.23. The summed E-state index contributed by atoms with van der Waals surface area (Å²) in [4.78, 5) is 13.3. The van der Waals surface area contributed by atoms with Crippen molar-refractivity contribution >= 4 is 26.7 Å². The van der Waals surface area contributed by atoms with Crippen molar-refractivity contribution in [1.82, 2.24) is 5.43 Å². The zero-order valence-corrected chi connectivity index (χ0v) is 20.9. The number of hydrogen-bond donors (Lipinski definition) is 1. The first kappa shape index (κ1) is 26.7. The summed E-state index contributed by atoms with van der Waals surface area (Å²) >= 11 is 0. The highest BCUT2D eigenvalue weighted by Crippen LogP contribution is 2.78. The van der Waals surface area contributed by atoms with E-state index in [1.807, 2.05) is 6.92 Å². The van der Waals surface area contributed by atoms with Crippen LogP contribution < -0.4 is 10.2 Å². The lowest BCUT2D eigenvalue weighted by Crippen LogP contribution is -2.42. The average molecular weight is 490 g/mol. The maximum Gasteiger partial charge on any atom is 0.370 e. The molecule has 12 heteroatoms. The first-order valence-corrected chi connectivity index (χ1v) is 13.7. The van der Waals surface area contributed by atoms with Gasteiger partial charge in [-0.05, 0) is 46.8 Å². The molecule has 1 aromatic rings. The van der Waals surface area contributed by atoms with Crippen LogP contribution in [-0.4, -0.2) is 49.6 Å². The van der Waals surface area contributed by atoms with Gasteiger partial charge in [0.25, 0.3) is 5.02 Å². The molecule has 0 radical (unpaired) electrons. The Kier molecular flexibility index (Phi) is 9.64. The van der Waals surface area contributed by atoms with E-state index >= 15 is 0 Å². The zero-order valence-electron chi connectivity index (χ0n) is 19.2. The Balaban J connectivity index is 2.57. The Labute approximate surface area is 189 Å². The first-order chi connectivity index (χ1) is 15.3. The highest BCUT2D eigenvalue weighted by molar-refractivity contribution is 7.74. The number of carbonyl (C=O) groups excluding carboxylic acids is 1. The van der Waals surface area contributed by atoms with Gasteiger partial charge in [-0.3, -0.25) is 19.4 Å². The fourth-order valence-corrected chi connectivity index (χ4v) is 8.63. The molecule has 10 nitrogen and oxygen atoms in total. The lowest BCUT2D eigenvalue weighted by atomic mass is 10.0. The molecule has 0 aromatic heterocycles. The van der Waals surface area contributed by atoms with E-state index in [0.717, 1.165) is 0 Å². The Hall–Kier alpha value is -1.54. The van der Waals surface area contributed by atoms with E-state index < -0.39 is 26.0 Å². The highest BCUT2D eigenvalue weighted by atomic mass is 31.2. The fraction of sp³-hybridized carbons (Fsp3) is 0.600. The molecule has 0 fully saturated rings. The number of ether oxygens (including phenoxy) is 1. The lowest BCUT2D eigenvalue weighted by Gasteiger charge is -2.38. The maximum atomic E-state index is 14.0. The largest absolute Gasteiger partial charge is 0.493 e. The number of nitrogens with one attached hydrogen (secondary N) is 1. The number of carbonyl (C=O) groups is 1. The summed E-state index contributed by atoms with van der Waals surface area (Å²) in [6.07, 6.45) is -0.346. The summed E-state index contributed by atoms with van der Waals surface area (Å²) < 4.78 is 55.6. The van der Waals surface area contributed by atoms with Gasteiger partial charge in [-0.15, -0.1) is 0 Å². The lowest BCUT2D eigenvalue weighted by molar-refractivity contribution is 0.106. The number of Topliss-reactive ketones (excluding diaryl/α,β-unsaturated/α-hetero) is 1. The van der Waals surface area contributed by atoms with E-state index in [-0.39, 0.29) is 44.1 Å². The number of ketones is 1. The van der Waals surface area contributed by atoms with Crippen LogP contribution in [0.3, 0.4) is 0 Å². The molecule has 32 heavy (non-hydrogen) atoms. The minimum atomic E-state index is -4.19. The zero-order chi connectivity index (χ0) is 23.8. The SMILES string of the molecule is CCOc1ccccc1C(=O)C1=NNC(P(=O)(OCC)OCC)(P(=O)(OCC)OCC)C1. The molecule has 0 saturated heterocycles. The second-order valence-corrected chi connectivity index (χ2v) is 11.5. The standard InChI is InChI=1S/C20H32N2O8P2/c1-6-26-18-14-12-11-13-16(18)19(23)17-15-20(22-21-17,31(24,27-7-2)28-8-3)32(25,29-9-4)30-10-5/h11-14,22H,6-10,15H2,1-5H3. The smallest absolute Gasteiger partial charge is 0.370 e. The second-order valence-electron chi connectivity index (χ2n) is 6.59. The van der Waals surface area contributed by atoms with Crippen molar-refractivity contribution in [3.63, 3.8) is 0 Å². The molecule has 1 aliphatic rings. The Morgan fingerprint density at radius 3 is 1.88 bits per heavy atom. The number of para-hydroxylation sites is 1. The number of rotatable bonds is 14. The predicted octanol–water partition coefficient (Wildman–Crippen LogP) is 4.80. The van der Waals surface area contributed by atoms with Gasteiger partial charge >= 0.3 is 15.2 Å². The van der Waals surface area contributed by atoms with E-state index in [0.29, 0.717) is 12.4 Å². The third-order valence-electron chi connectivity index (χ3n) is 4.58. The molecule has 0 amide bonds. The maximum absolute atomic E-state index is 14.0. The minimum absolute atomic E-state index is 0.00934. The van der Waals surface area contributed by atoms with Gasteiger partial charge in [0.15, 0.2) is 0 Å². The Morgan fingerprint density at radius 2 is 1.41 bits per heavy atom. The van der Waals surface area contributed by atoms with E-state index in [1.54, 1.807) is 52.0 Å². The van der Waals surface area contributed by atoms with Crippen LogP contribution in [-0.2, 0) is 27.2 Å². The van der Waals surface area contributed by atoms with Gasteiger partial charge in [-0.2, -0.15) is 5.10 Å². The van der Waals surface area contributed by atoms with Gasteiger partial charge in [-0.1, -0.05) is 12.1 Å². The van der Waals surface area contributed by atoms with Crippen molar-refractivity contribution in [3.8, 4) is 5.75 Å². The van der Waals surface area contributed by atoms with Crippen molar-refractivity contribution in [2.24, 2.45) is 5.10 Å². The molecule has 1 aromatic carbocycles. The Bertz CT molecular complexity index is 871. The van der Waals surface area contributed by atoms with Gasteiger partial charge in [0.2, 0.25) is 5.78 Å². The van der Waals surface area contributed by atoms with Gasteiger partial charge < -0.3 is 22.8 Å². The summed E-state index contributed by atoms with van der Waals surface area (Å²) in [6.45, 7) is 8.74.